The Kier molecular flexibility index (Phi) is 56.8. The lowest BCUT2D eigenvalue weighted by atomic mass is 9.99. The highest BCUT2D eigenvalue weighted by atomic mass is 16.7. The summed E-state index contributed by atoms with van der Waals surface area (Å²) in [5, 5.41) is 57.2. The van der Waals surface area contributed by atoms with Crippen molar-refractivity contribution < 1.29 is 49.3 Å². The Hall–Kier alpha value is -2.38. The van der Waals surface area contributed by atoms with E-state index in [1.54, 1.807) is 6.08 Å². The molecule has 1 saturated heterocycles. The van der Waals surface area contributed by atoms with Gasteiger partial charge in [0.2, 0.25) is 5.91 Å². The lowest BCUT2D eigenvalue weighted by Gasteiger charge is -2.41. The van der Waals surface area contributed by atoms with Crippen LogP contribution in [0.1, 0.15) is 335 Å². The number of nitrogens with one attached hydrogen (secondary N) is 1. The van der Waals surface area contributed by atoms with Crippen LogP contribution >= 0.6 is 0 Å². The second-order valence-electron chi connectivity index (χ2n) is 24.6. The average molecular weight is 1170 g/mol. The van der Waals surface area contributed by atoms with Crippen molar-refractivity contribution in [3.63, 3.8) is 0 Å². The van der Waals surface area contributed by atoms with E-state index < -0.39 is 67.4 Å². The predicted molar refractivity (Wildman–Crippen MR) is 347 cm³/mol. The van der Waals surface area contributed by atoms with Crippen LogP contribution in [0, 0.1) is 0 Å². The topological polar surface area (TPSA) is 175 Å². The molecule has 1 aliphatic rings. The Balaban J connectivity index is 2.57. The van der Waals surface area contributed by atoms with E-state index in [0.29, 0.717) is 12.8 Å². The number of hydrogen-bond acceptors (Lipinski definition) is 10. The average Bonchev–Trinajstić information content (AvgIpc) is 3.67. The van der Waals surface area contributed by atoms with Crippen molar-refractivity contribution in [1.29, 1.82) is 0 Å². The maximum atomic E-state index is 13.5. The largest absolute Gasteiger partial charge is 0.454 e. The molecule has 11 nitrogen and oxygen atoms in total. The fourth-order valence-corrected chi connectivity index (χ4v) is 11.1. The van der Waals surface area contributed by atoms with Crippen LogP contribution in [0.2, 0.25) is 0 Å². The normalized spacial score (nSPS) is 18.8. The van der Waals surface area contributed by atoms with Gasteiger partial charge in [0.1, 0.15) is 24.4 Å². The van der Waals surface area contributed by atoms with E-state index in [9.17, 15) is 35.1 Å². The SMILES string of the molecule is CCCCC/C=C\C/C=C\CCCCCCCCC(O)C(=O)NC(COC1OC(CO)C(O)C(O)C1OC(=O)CCCCCCCCCCCCCCCCC/C=C/CCCCCCCC)C(O)/C=C/CCCCCCCCCCCCC. The van der Waals surface area contributed by atoms with Crippen LogP contribution in [-0.4, -0.2) is 99.6 Å². The van der Waals surface area contributed by atoms with Crippen molar-refractivity contribution in [3.8, 4) is 0 Å². The molecule has 1 aliphatic heterocycles. The zero-order chi connectivity index (χ0) is 60.3. The summed E-state index contributed by atoms with van der Waals surface area (Å²) in [4.78, 5) is 26.7. The molecule has 0 bridgehead atoms. The van der Waals surface area contributed by atoms with Gasteiger partial charge < -0.3 is 45.1 Å². The van der Waals surface area contributed by atoms with Gasteiger partial charge in [0.05, 0.1) is 25.4 Å². The van der Waals surface area contributed by atoms with E-state index in [-0.39, 0.29) is 19.4 Å². The summed E-state index contributed by atoms with van der Waals surface area (Å²) in [5.74, 6) is -1.19. The second-order valence-corrected chi connectivity index (χ2v) is 24.6. The molecule has 1 amide bonds. The number of aliphatic hydroxyl groups is 5. The highest BCUT2D eigenvalue weighted by Gasteiger charge is 2.47. The molecule has 11 heteroatoms. The minimum Gasteiger partial charge on any atom is -0.454 e. The van der Waals surface area contributed by atoms with Crippen LogP contribution in [0.3, 0.4) is 0 Å². The molecule has 1 rings (SSSR count). The molecular formula is C72H133NO10. The number of ether oxygens (including phenoxy) is 3. The lowest BCUT2D eigenvalue weighted by molar-refractivity contribution is -0.305. The summed E-state index contributed by atoms with van der Waals surface area (Å²) in [6, 6.07) is -1.03. The van der Waals surface area contributed by atoms with E-state index in [0.717, 1.165) is 83.5 Å². The molecule has 1 heterocycles. The van der Waals surface area contributed by atoms with Crippen LogP contribution in [0.5, 0.6) is 0 Å². The van der Waals surface area contributed by atoms with Crippen LogP contribution in [0.25, 0.3) is 0 Å². The summed E-state index contributed by atoms with van der Waals surface area (Å²) in [5.41, 5.74) is 0. The quantitative estimate of drug-likeness (QED) is 0.0195. The first kappa shape index (κ1) is 78.6. The standard InChI is InChI=1S/C72H133NO10/c1-4-7-10-13-16-19-22-25-27-29-30-31-32-33-34-35-36-37-39-42-45-48-51-54-57-60-67(77)83-70-69(79)68(78)66(61-74)82-72(70)81-62-63(64(75)58-55-52-49-46-43-40-24-21-18-15-12-9-6-3)73-71(80)65(76)59-56-53-50-47-44-41-38-28-26-23-20-17-14-11-8-5-2/h17,20,25-28,55,58,63-66,68-70,72,74-76,78-79H,4-16,18-19,21-24,29-54,56-57,59-62H2,1-3H3,(H,73,80)/b20-17-,27-25+,28-26-,58-55+. The molecule has 0 aromatic carbocycles. The first-order valence-electron chi connectivity index (χ1n) is 35.4. The minimum atomic E-state index is -1.61. The highest BCUT2D eigenvalue weighted by molar-refractivity contribution is 5.80. The smallest absolute Gasteiger partial charge is 0.306 e. The van der Waals surface area contributed by atoms with Gasteiger partial charge in [-0.15, -0.1) is 0 Å². The predicted octanol–water partition coefficient (Wildman–Crippen LogP) is 18.0. The molecule has 0 radical (unpaired) electrons. The molecular weight excluding hydrogens is 1040 g/mol. The van der Waals surface area contributed by atoms with Gasteiger partial charge in [-0.25, -0.2) is 0 Å². The van der Waals surface area contributed by atoms with Gasteiger partial charge >= 0.3 is 5.97 Å². The summed E-state index contributed by atoms with van der Waals surface area (Å²) in [7, 11) is 0. The van der Waals surface area contributed by atoms with Gasteiger partial charge in [-0.1, -0.05) is 294 Å². The van der Waals surface area contributed by atoms with Gasteiger partial charge in [-0.05, 0) is 83.5 Å². The van der Waals surface area contributed by atoms with Crippen molar-refractivity contribution in [2.45, 2.75) is 384 Å². The van der Waals surface area contributed by atoms with Crippen LogP contribution in [-0.2, 0) is 23.8 Å². The third-order valence-corrected chi connectivity index (χ3v) is 16.7. The molecule has 8 unspecified atom stereocenters. The fraction of sp³-hybridized carbons (Fsp3) is 0.861. The van der Waals surface area contributed by atoms with Gasteiger partial charge in [0.25, 0.3) is 0 Å². The minimum absolute atomic E-state index is 0.125. The lowest BCUT2D eigenvalue weighted by Crippen LogP contribution is -2.61. The molecule has 0 spiro atoms. The number of esters is 1. The molecule has 83 heavy (non-hydrogen) atoms. The number of hydrogen-bond donors (Lipinski definition) is 6. The Morgan fingerprint density at radius 2 is 0.831 bits per heavy atom. The van der Waals surface area contributed by atoms with Crippen molar-refractivity contribution >= 4 is 11.9 Å². The monoisotopic (exact) mass is 1170 g/mol. The molecule has 1 fully saturated rings. The third kappa shape index (κ3) is 47.4. The second kappa shape index (κ2) is 59.9. The summed E-state index contributed by atoms with van der Waals surface area (Å²) in [6.07, 6.45) is 64.4. The van der Waals surface area contributed by atoms with Crippen molar-refractivity contribution in [3.05, 3.63) is 48.6 Å². The molecule has 6 N–H and O–H groups in total. The number of rotatable bonds is 61. The number of carbonyl (C=O) groups excluding carboxylic acids is 2. The molecule has 0 saturated carbocycles. The summed E-state index contributed by atoms with van der Waals surface area (Å²) >= 11 is 0. The van der Waals surface area contributed by atoms with Gasteiger partial charge in [-0.3, -0.25) is 9.59 Å². The van der Waals surface area contributed by atoms with Crippen molar-refractivity contribution in [2.75, 3.05) is 13.2 Å². The Morgan fingerprint density at radius 3 is 1.27 bits per heavy atom. The Morgan fingerprint density at radius 1 is 0.470 bits per heavy atom. The maximum Gasteiger partial charge on any atom is 0.306 e. The highest BCUT2D eigenvalue weighted by Crippen LogP contribution is 2.26. The zero-order valence-corrected chi connectivity index (χ0v) is 54.1. The Bertz CT molecular complexity index is 1540. The first-order valence-corrected chi connectivity index (χ1v) is 35.4. The number of carbonyl (C=O) groups is 2. The van der Waals surface area contributed by atoms with E-state index >= 15 is 0 Å². The van der Waals surface area contributed by atoms with Gasteiger partial charge in [0.15, 0.2) is 12.4 Å². The van der Waals surface area contributed by atoms with Crippen molar-refractivity contribution in [1.82, 2.24) is 5.32 Å². The number of unbranched alkanes of at least 4 members (excludes halogenated alkanes) is 41. The molecule has 0 aromatic heterocycles. The number of allylic oxidation sites excluding steroid dienone is 7. The number of amides is 1. The van der Waals surface area contributed by atoms with Crippen LogP contribution in [0.4, 0.5) is 0 Å². The van der Waals surface area contributed by atoms with Gasteiger partial charge in [0, 0.05) is 6.42 Å². The van der Waals surface area contributed by atoms with E-state index in [1.165, 1.54) is 205 Å². The Labute approximate surface area is 510 Å². The summed E-state index contributed by atoms with van der Waals surface area (Å²) in [6.45, 7) is 5.80. The summed E-state index contributed by atoms with van der Waals surface area (Å²) < 4.78 is 17.7. The fourth-order valence-electron chi connectivity index (χ4n) is 11.1. The van der Waals surface area contributed by atoms with Gasteiger partial charge in [-0.2, -0.15) is 0 Å². The van der Waals surface area contributed by atoms with Crippen LogP contribution in [0.15, 0.2) is 48.6 Å². The van der Waals surface area contributed by atoms with Crippen molar-refractivity contribution in [2.24, 2.45) is 0 Å². The first-order chi connectivity index (χ1) is 40.7. The van der Waals surface area contributed by atoms with Crippen LogP contribution < -0.4 is 5.32 Å². The molecule has 0 aliphatic carbocycles. The molecule has 8 atom stereocenters. The molecule has 486 valence electrons. The maximum absolute atomic E-state index is 13.5. The van der Waals surface area contributed by atoms with E-state index in [4.69, 9.17) is 14.2 Å². The zero-order valence-electron chi connectivity index (χ0n) is 54.1. The third-order valence-electron chi connectivity index (χ3n) is 16.7. The molecule has 0 aromatic rings. The number of aliphatic hydroxyl groups excluding tert-OH is 5. The van der Waals surface area contributed by atoms with E-state index in [2.05, 4.69) is 62.5 Å². The van der Waals surface area contributed by atoms with E-state index in [1.807, 2.05) is 6.08 Å².